The average molecular weight is 676 g/mol. The summed E-state index contributed by atoms with van der Waals surface area (Å²) in [7, 11) is 0. The molecule has 4 aliphatic rings. The molecule has 1 heteroatoms. The number of hydrogen-bond acceptors (Lipinski definition) is 1. The van der Waals surface area contributed by atoms with Gasteiger partial charge in [-0.15, -0.1) is 0 Å². The lowest BCUT2D eigenvalue weighted by atomic mass is 9.79. The Labute approximate surface area is 310 Å². The molecule has 0 heterocycles. The van der Waals surface area contributed by atoms with Crippen LogP contribution in [0.1, 0.15) is 119 Å². The Hall–Kier alpha value is -4.88. The zero-order chi connectivity index (χ0) is 35.6. The summed E-state index contributed by atoms with van der Waals surface area (Å²) in [6.07, 6.45) is 6.78. The van der Waals surface area contributed by atoms with Crippen molar-refractivity contribution in [3.8, 4) is 33.4 Å². The van der Waals surface area contributed by atoms with Crippen molar-refractivity contribution in [1.29, 1.82) is 0 Å². The lowest BCUT2D eigenvalue weighted by molar-refractivity contribution is 0.443. The van der Waals surface area contributed by atoms with E-state index in [9.17, 15) is 0 Å². The molecule has 0 aromatic heterocycles. The van der Waals surface area contributed by atoms with Crippen LogP contribution in [0.15, 0.2) is 121 Å². The Bertz CT molecular complexity index is 2320. The minimum absolute atomic E-state index is 0.0766. The van der Waals surface area contributed by atoms with E-state index in [1.165, 1.54) is 116 Å². The second-order valence-corrected chi connectivity index (χ2v) is 17.6. The van der Waals surface area contributed by atoms with E-state index in [0.717, 1.165) is 0 Å². The van der Waals surface area contributed by atoms with E-state index in [1.54, 1.807) is 5.56 Å². The Morgan fingerprint density at radius 1 is 0.385 bits per heavy atom. The third kappa shape index (κ3) is 4.41. The molecule has 4 aliphatic carbocycles. The normalized spacial score (nSPS) is 18.2. The predicted molar refractivity (Wildman–Crippen MR) is 220 cm³/mol. The first kappa shape index (κ1) is 31.8. The van der Waals surface area contributed by atoms with E-state index in [-0.39, 0.29) is 16.2 Å². The standard InChI is InChI=1S/C51H49N/c1-49(2)43-18-12-10-16-37(43)40-25-21-34(29-46(40)49)52(35-22-26-41-38-17-11-13-19-44(38)50(3,4)47(41)30-35)36-23-27-42-39-24-20-33(32-14-8-7-9-15-32)28-45(39)51(5,6)48(42)31-36/h10-13,16-32H,7-9,14-15H2,1-6H3. The lowest BCUT2D eigenvalue weighted by Gasteiger charge is -2.31. The van der Waals surface area contributed by atoms with Gasteiger partial charge in [0.05, 0.1) is 0 Å². The fourth-order valence-corrected chi connectivity index (χ4v) is 10.7. The Kier molecular flexibility index (Phi) is 6.77. The molecule has 0 radical (unpaired) electrons. The van der Waals surface area contributed by atoms with Crippen molar-refractivity contribution in [3.63, 3.8) is 0 Å². The van der Waals surface area contributed by atoms with Gasteiger partial charge in [0.15, 0.2) is 0 Å². The summed E-state index contributed by atoms with van der Waals surface area (Å²) >= 11 is 0. The van der Waals surface area contributed by atoms with Gasteiger partial charge in [-0.25, -0.2) is 0 Å². The van der Waals surface area contributed by atoms with Crippen molar-refractivity contribution in [2.75, 3.05) is 4.90 Å². The summed E-state index contributed by atoms with van der Waals surface area (Å²) in [5.74, 6) is 0.704. The molecule has 0 atom stereocenters. The summed E-state index contributed by atoms with van der Waals surface area (Å²) in [5.41, 5.74) is 21.7. The number of benzene rings is 6. The minimum atomic E-state index is -0.0832. The molecule has 1 fully saturated rings. The number of fused-ring (bicyclic) bond motifs is 9. The average Bonchev–Trinajstić information content (AvgIpc) is 3.64. The highest BCUT2D eigenvalue weighted by Crippen LogP contribution is 2.55. The van der Waals surface area contributed by atoms with Crippen LogP contribution in [0, 0.1) is 0 Å². The molecule has 10 rings (SSSR count). The van der Waals surface area contributed by atoms with Crippen LogP contribution in [-0.2, 0) is 16.2 Å². The maximum atomic E-state index is 2.57. The second-order valence-electron chi connectivity index (χ2n) is 17.6. The van der Waals surface area contributed by atoms with Crippen molar-refractivity contribution in [1.82, 2.24) is 0 Å². The molecule has 0 bridgehead atoms. The van der Waals surface area contributed by atoms with Gasteiger partial charge in [-0.2, -0.15) is 0 Å². The largest absolute Gasteiger partial charge is 0.310 e. The quantitative estimate of drug-likeness (QED) is 0.180. The Morgan fingerprint density at radius 3 is 1.21 bits per heavy atom. The summed E-state index contributed by atoms with van der Waals surface area (Å²) in [5, 5.41) is 0. The molecule has 0 saturated heterocycles. The summed E-state index contributed by atoms with van der Waals surface area (Å²) in [4.78, 5) is 2.53. The van der Waals surface area contributed by atoms with Crippen molar-refractivity contribution < 1.29 is 0 Å². The van der Waals surface area contributed by atoms with E-state index in [1.807, 2.05) is 0 Å². The molecule has 0 amide bonds. The molecule has 0 spiro atoms. The maximum absolute atomic E-state index is 2.57. The third-order valence-electron chi connectivity index (χ3n) is 13.7. The van der Waals surface area contributed by atoms with Crippen molar-refractivity contribution in [2.45, 2.75) is 95.8 Å². The molecule has 6 aromatic carbocycles. The Morgan fingerprint density at radius 2 is 0.750 bits per heavy atom. The molecule has 1 saturated carbocycles. The second kappa shape index (κ2) is 11.1. The molecule has 258 valence electrons. The number of anilines is 3. The van der Waals surface area contributed by atoms with E-state index in [2.05, 4.69) is 168 Å². The van der Waals surface area contributed by atoms with Crippen molar-refractivity contribution in [2.24, 2.45) is 0 Å². The van der Waals surface area contributed by atoms with Crippen LogP contribution in [0.25, 0.3) is 33.4 Å². The molecule has 6 aromatic rings. The van der Waals surface area contributed by atoms with Crippen LogP contribution in [0.2, 0.25) is 0 Å². The number of nitrogens with zero attached hydrogens (tertiary/aromatic N) is 1. The molecular formula is C51H49N. The van der Waals surface area contributed by atoms with Crippen LogP contribution in [0.3, 0.4) is 0 Å². The molecule has 0 aliphatic heterocycles. The summed E-state index contributed by atoms with van der Waals surface area (Å²) < 4.78 is 0. The van der Waals surface area contributed by atoms with Crippen LogP contribution in [-0.4, -0.2) is 0 Å². The SMILES string of the molecule is CC1(C)c2ccccc2-c2ccc(N(c3ccc4c(c3)C(C)(C)c3ccccc3-4)c3ccc4c(c3)C(C)(C)c3cc(C5CCCCC5)ccc3-4)cc21. The lowest BCUT2D eigenvalue weighted by Crippen LogP contribution is -2.19. The van der Waals surface area contributed by atoms with Crippen LogP contribution >= 0.6 is 0 Å². The first-order valence-corrected chi connectivity index (χ1v) is 19.6. The first-order valence-electron chi connectivity index (χ1n) is 19.6. The van der Waals surface area contributed by atoms with Gasteiger partial charge in [-0.05, 0) is 127 Å². The molecule has 0 unspecified atom stereocenters. The highest BCUT2D eigenvalue weighted by atomic mass is 15.1. The van der Waals surface area contributed by atoms with E-state index in [4.69, 9.17) is 0 Å². The van der Waals surface area contributed by atoms with Gasteiger partial charge in [0.25, 0.3) is 0 Å². The highest BCUT2D eigenvalue weighted by molar-refractivity contribution is 5.90. The van der Waals surface area contributed by atoms with Gasteiger partial charge in [0, 0.05) is 33.3 Å². The smallest absolute Gasteiger partial charge is 0.0465 e. The van der Waals surface area contributed by atoms with Gasteiger partial charge < -0.3 is 4.90 Å². The van der Waals surface area contributed by atoms with Crippen molar-refractivity contribution >= 4 is 17.1 Å². The summed E-state index contributed by atoms with van der Waals surface area (Å²) in [6, 6.07) is 47.1. The fraction of sp³-hybridized carbons (Fsp3) is 0.294. The fourth-order valence-electron chi connectivity index (χ4n) is 10.7. The summed E-state index contributed by atoms with van der Waals surface area (Å²) in [6.45, 7) is 14.4. The predicted octanol–water partition coefficient (Wildman–Crippen LogP) is 14.1. The molecule has 0 N–H and O–H groups in total. The molecule has 1 nitrogen and oxygen atoms in total. The minimum Gasteiger partial charge on any atom is -0.310 e. The van der Waals surface area contributed by atoms with Crippen LogP contribution in [0.4, 0.5) is 17.1 Å². The van der Waals surface area contributed by atoms with Gasteiger partial charge in [0.2, 0.25) is 0 Å². The first-order chi connectivity index (χ1) is 25.0. The van der Waals surface area contributed by atoms with E-state index < -0.39 is 0 Å². The monoisotopic (exact) mass is 675 g/mol. The molecule has 52 heavy (non-hydrogen) atoms. The van der Waals surface area contributed by atoms with Crippen LogP contribution < -0.4 is 4.90 Å². The van der Waals surface area contributed by atoms with Gasteiger partial charge in [-0.1, -0.05) is 146 Å². The van der Waals surface area contributed by atoms with E-state index in [0.29, 0.717) is 5.92 Å². The maximum Gasteiger partial charge on any atom is 0.0465 e. The number of hydrogen-bond donors (Lipinski definition) is 0. The van der Waals surface area contributed by atoms with Gasteiger partial charge >= 0.3 is 0 Å². The zero-order valence-corrected chi connectivity index (χ0v) is 31.6. The van der Waals surface area contributed by atoms with Gasteiger partial charge in [-0.3, -0.25) is 0 Å². The third-order valence-corrected chi connectivity index (χ3v) is 13.7. The van der Waals surface area contributed by atoms with Crippen LogP contribution in [0.5, 0.6) is 0 Å². The topological polar surface area (TPSA) is 3.24 Å². The molecular weight excluding hydrogens is 627 g/mol. The van der Waals surface area contributed by atoms with E-state index >= 15 is 0 Å². The number of rotatable bonds is 4. The Balaban J connectivity index is 1.13. The highest BCUT2D eigenvalue weighted by Gasteiger charge is 2.39. The zero-order valence-electron chi connectivity index (χ0n) is 31.6. The van der Waals surface area contributed by atoms with Crippen molar-refractivity contribution in [3.05, 3.63) is 160 Å². The van der Waals surface area contributed by atoms with Gasteiger partial charge in [0.1, 0.15) is 0 Å².